The molecule has 19 heteroatoms. The van der Waals surface area contributed by atoms with Gasteiger partial charge in [0, 0.05) is 6.42 Å². The number of unbranched alkanes of at least 4 members (excludes halogenated alkanes) is 58. The fourth-order valence-electron chi connectivity index (χ4n) is 15.7. The van der Waals surface area contributed by atoms with E-state index in [2.05, 4.69) is 19.2 Å². The number of aliphatic hydroxyl groups is 11. The smallest absolute Gasteiger partial charge is 0.220 e. The van der Waals surface area contributed by atoms with Gasteiger partial charge in [0.2, 0.25) is 5.91 Å². The molecule has 17 unspecified atom stereocenters. The van der Waals surface area contributed by atoms with E-state index in [1.165, 1.54) is 334 Å². The molecule has 3 fully saturated rings. The van der Waals surface area contributed by atoms with Crippen LogP contribution in [0.2, 0.25) is 0 Å². The highest BCUT2D eigenvalue weighted by molar-refractivity contribution is 5.76. The normalized spacial score (nSPS) is 25.6. The zero-order valence-corrected chi connectivity index (χ0v) is 67.7. The van der Waals surface area contributed by atoms with Crippen molar-refractivity contribution in [3.63, 3.8) is 0 Å². The lowest BCUT2D eigenvalue weighted by Gasteiger charge is -2.48. The topological polar surface area (TPSA) is 307 Å². The fraction of sp³-hybridized carbons (Fsp3) is 0.966. The standard InChI is InChI=1S/C87H167NO18/c1-3-5-7-9-11-13-15-17-19-21-23-25-27-29-31-33-35-36-38-40-42-44-46-48-50-52-54-56-58-60-62-64-71(92)70(88-75(93)65-63-61-59-57-55-53-51-49-47-45-43-41-39-37-34-32-30-28-26-24-22-20-18-16-14-12-10-8-6-4-2)69-101-85-81(99)78(96)83(73(67-90)103-85)106-87-82(100)79(97)84(74(68-91)104-87)105-86-80(98)77(95)76(94)72(66-89)102-86/h62,64,70-74,76-87,89-92,94-100H,3-61,63,65-69H2,1-2H3,(H,88,93)/b64-62+. The molecule has 3 aliphatic heterocycles. The van der Waals surface area contributed by atoms with E-state index in [4.69, 9.17) is 28.4 Å². The van der Waals surface area contributed by atoms with Gasteiger partial charge in [0.05, 0.1) is 38.6 Å². The Hall–Kier alpha value is -1.47. The van der Waals surface area contributed by atoms with E-state index in [1.807, 2.05) is 6.08 Å². The van der Waals surface area contributed by atoms with Crippen molar-refractivity contribution < 1.29 is 89.4 Å². The summed E-state index contributed by atoms with van der Waals surface area (Å²) in [6, 6.07) is -0.971. The van der Waals surface area contributed by atoms with Crippen molar-refractivity contribution >= 4 is 5.91 Å². The summed E-state index contributed by atoms with van der Waals surface area (Å²) in [5.74, 6) is -0.265. The van der Waals surface area contributed by atoms with Crippen molar-refractivity contribution in [1.82, 2.24) is 5.32 Å². The van der Waals surface area contributed by atoms with Crippen LogP contribution in [0.25, 0.3) is 0 Å². The van der Waals surface area contributed by atoms with Gasteiger partial charge in [0.15, 0.2) is 18.9 Å². The lowest BCUT2D eigenvalue weighted by Crippen LogP contribution is -2.66. The quantitative estimate of drug-likeness (QED) is 0.0199. The minimum absolute atomic E-state index is 0.251. The zero-order chi connectivity index (χ0) is 76.7. The molecule has 3 rings (SSSR count). The molecule has 0 bridgehead atoms. The third-order valence-corrected chi connectivity index (χ3v) is 22.8. The molecule has 12 N–H and O–H groups in total. The summed E-state index contributed by atoms with van der Waals surface area (Å²) < 4.78 is 34.5. The van der Waals surface area contributed by atoms with Crippen LogP contribution < -0.4 is 5.32 Å². The van der Waals surface area contributed by atoms with Gasteiger partial charge in [-0.05, 0) is 19.3 Å². The van der Waals surface area contributed by atoms with Crippen LogP contribution in [0, 0.1) is 0 Å². The molecular formula is C87H167NO18. The maximum atomic E-state index is 13.5. The first kappa shape index (κ1) is 98.7. The monoisotopic (exact) mass is 1510 g/mol. The maximum absolute atomic E-state index is 13.5. The van der Waals surface area contributed by atoms with Crippen LogP contribution in [0.15, 0.2) is 12.2 Å². The van der Waals surface area contributed by atoms with Crippen molar-refractivity contribution in [1.29, 1.82) is 0 Å². The van der Waals surface area contributed by atoms with Crippen LogP contribution in [0.1, 0.15) is 406 Å². The van der Waals surface area contributed by atoms with Crippen LogP contribution in [0.4, 0.5) is 0 Å². The van der Waals surface area contributed by atoms with Crippen molar-refractivity contribution in [2.75, 3.05) is 26.4 Å². The number of hydrogen-bond acceptors (Lipinski definition) is 18. The van der Waals surface area contributed by atoms with Gasteiger partial charge >= 0.3 is 0 Å². The average Bonchev–Trinajstić information content (AvgIpc) is 0.781. The third kappa shape index (κ3) is 46.6. The minimum atomic E-state index is -1.98. The lowest BCUT2D eigenvalue weighted by atomic mass is 9.96. The van der Waals surface area contributed by atoms with E-state index in [-0.39, 0.29) is 18.9 Å². The Balaban J connectivity index is 1.33. The molecule has 0 aromatic carbocycles. The summed E-state index contributed by atoms with van der Waals surface area (Å²) in [6.07, 6.45) is 56.5. The Morgan fingerprint density at radius 2 is 0.585 bits per heavy atom. The van der Waals surface area contributed by atoms with Crippen LogP contribution in [0.5, 0.6) is 0 Å². The summed E-state index contributed by atoms with van der Waals surface area (Å²) in [4.78, 5) is 13.5. The largest absolute Gasteiger partial charge is 0.394 e. The van der Waals surface area contributed by atoms with Gasteiger partial charge in [0.1, 0.15) is 73.2 Å². The molecule has 0 aromatic rings. The summed E-state index contributed by atoms with van der Waals surface area (Å²) in [7, 11) is 0. The number of nitrogens with one attached hydrogen (secondary N) is 1. The van der Waals surface area contributed by atoms with Crippen molar-refractivity contribution in [2.45, 2.75) is 510 Å². The first-order valence-electron chi connectivity index (χ1n) is 44.9. The number of carbonyl (C=O) groups is 1. The maximum Gasteiger partial charge on any atom is 0.220 e. The van der Waals surface area contributed by atoms with Crippen LogP contribution in [-0.2, 0) is 33.2 Å². The minimum Gasteiger partial charge on any atom is -0.394 e. The van der Waals surface area contributed by atoms with Gasteiger partial charge in [-0.1, -0.05) is 392 Å². The summed E-state index contributed by atoms with van der Waals surface area (Å²) in [6.45, 7) is 1.82. The van der Waals surface area contributed by atoms with E-state index >= 15 is 0 Å². The predicted molar refractivity (Wildman–Crippen MR) is 425 cm³/mol. The van der Waals surface area contributed by atoms with Gasteiger partial charge in [-0.25, -0.2) is 0 Å². The molecule has 1 amide bonds. The van der Waals surface area contributed by atoms with E-state index < -0.39 is 124 Å². The van der Waals surface area contributed by atoms with E-state index in [0.29, 0.717) is 6.42 Å². The number of allylic oxidation sites excluding steroid dienone is 1. The van der Waals surface area contributed by atoms with Crippen LogP contribution >= 0.6 is 0 Å². The molecule has 3 heterocycles. The van der Waals surface area contributed by atoms with Crippen LogP contribution in [-0.4, -0.2) is 193 Å². The number of aliphatic hydroxyl groups excluding tert-OH is 11. The molecular weight excluding hydrogens is 1350 g/mol. The second-order valence-corrected chi connectivity index (χ2v) is 32.4. The van der Waals surface area contributed by atoms with E-state index in [0.717, 1.165) is 44.9 Å². The number of carbonyl (C=O) groups excluding carboxylic acids is 1. The van der Waals surface area contributed by atoms with Gasteiger partial charge in [-0.3, -0.25) is 4.79 Å². The number of rotatable bonds is 74. The fourth-order valence-corrected chi connectivity index (χ4v) is 15.7. The lowest BCUT2D eigenvalue weighted by molar-refractivity contribution is -0.379. The first-order chi connectivity index (χ1) is 51.8. The Morgan fingerprint density at radius 3 is 0.887 bits per heavy atom. The molecule has 0 radical (unpaired) electrons. The number of hydrogen-bond donors (Lipinski definition) is 12. The third-order valence-electron chi connectivity index (χ3n) is 22.8. The Morgan fingerprint density at radius 1 is 0.330 bits per heavy atom. The van der Waals surface area contributed by atoms with Crippen molar-refractivity contribution in [3.05, 3.63) is 12.2 Å². The molecule has 3 saturated heterocycles. The second kappa shape index (κ2) is 68.0. The number of amides is 1. The zero-order valence-electron chi connectivity index (χ0n) is 67.7. The SMILES string of the molecule is CCCCCCCCCCCCCCCCCCCCCCCCCCCCCCC/C=C/C(O)C(COC1OC(CO)C(OC2OC(CO)C(OC3OC(CO)C(O)C(O)C3O)C(O)C2O)C(O)C1O)NC(=O)CCCCCCCCCCCCCCCCCCCCCCCCCCCCCCCC. The Labute approximate surface area is 646 Å². The molecule has 0 spiro atoms. The van der Waals surface area contributed by atoms with Crippen molar-refractivity contribution in [2.24, 2.45) is 0 Å². The van der Waals surface area contributed by atoms with Gasteiger partial charge in [-0.2, -0.15) is 0 Å². The van der Waals surface area contributed by atoms with Gasteiger partial charge in [-0.15, -0.1) is 0 Å². The molecule has 0 saturated carbocycles. The molecule has 628 valence electrons. The Kier molecular flexibility index (Phi) is 63.3. The second-order valence-electron chi connectivity index (χ2n) is 32.4. The van der Waals surface area contributed by atoms with Gasteiger partial charge in [0.25, 0.3) is 0 Å². The highest BCUT2D eigenvalue weighted by Crippen LogP contribution is 2.34. The molecule has 106 heavy (non-hydrogen) atoms. The number of ether oxygens (including phenoxy) is 6. The molecule has 0 aliphatic carbocycles. The summed E-state index contributed by atoms with van der Waals surface area (Å²) in [5, 5.41) is 121. The molecule has 17 atom stereocenters. The van der Waals surface area contributed by atoms with Crippen molar-refractivity contribution in [3.8, 4) is 0 Å². The van der Waals surface area contributed by atoms with Gasteiger partial charge < -0.3 is 89.9 Å². The van der Waals surface area contributed by atoms with Crippen LogP contribution in [0.3, 0.4) is 0 Å². The molecule has 19 nitrogen and oxygen atoms in total. The first-order valence-corrected chi connectivity index (χ1v) is 44.9. The predicted octanol–water partition coefficient (Wildman–Crippen LogP) is 16.7. The Bertz CT molecular complexity index is 1960. The highest BCUT2D eigenvalue weighted by atomic mass is 16.8. The molecule has 3 aliphatic rings. The van der Waals surface area contributed by atoms with E-state index in [1.54, 1.807) is 6.08 Å². The van der Waals surface area contributed by atoms with E-state index in [9.17, 15) is 61.0 Å². The molecule has 0 aromatic heterocycles. The summed E-state index contributed by atoms with van der Waals surface area (Å²) in [5.41, 5.74) is 0. The highest BCUT2D eigenvalue weighted by Gasteiger charge is 2.54. The average molecular weight is 1520 g/mol. The summed E-state index contributed by atoms with van der Waals surface area (Å²) >= 11 is 0.